The van der Waals surface area contributed by atoms with E-state index in [2.05, 4.69) is 0 Å². The molecule has 0 aromatic rings. The molecule has 4 nitrogen and oxygen atoms in total. The molecule has 0 atom stereocenters. The van der Waals surface area contributed by atoms with Crippen molar-refractivity contribution in [1.82, 2.24) is 0 Å². The Bertz CT molecular complexity index is 94.9. The standard InChI is InChI=1S/Na.H2O4S.Pt/c;1-5(2,3)4;/h;(H2,1,2,3,4);/q+1;;+2/p-2. The Labute approximate surface area is 77.8 Å². The summed E-state index contributed by atoms with van der Waals surface area (Å²) in [4.78, 5) is 0. The van der Waals surface area contributed by atoms with Crippen LogP contribution in [0.5, 0.6) is 0 Å². The van der Waals surface area contributed by atoms with Crippen LogP contribution in [-0.2, 0) is 31.5 Å². The third-order valence-corrected chi connectivity index (χ3v) is 0. The molecule has 0 heterocycles. The van der Waals surface area contributed by atoms with Crippen molar-refractivity contribution in [3.8, 4) is 0 Å². The smallest absolute Gasteiger partial charge is 0.759 e. The zero-order valence-corrected chi connectivity index (χ0v) is 8.45. The molecule has 0 aliphatic rings. The van der Waals surface area contributed by atoms with Crippen LogP contribution in [0.1, 0.15) is 0 Å². The first-order valence-corrected chi connectivity index (χ1v) is 2.00. The normalized spacial score (nSPS) is 8.29. The minimum absolute atomic E-state index is 0. The van der Waals surface area contributed by atoms with Crippen LogP contribution in [0.25, 0.3) is 0 Å². The van der Waals surface area contributed by atoms with Crippen molar-refractivity contribution in [2.75, 3.05) is 0 Å². The summed E-state index contributed by atoms with van der Waals surface area (Å²) >= 11 is 0. The molecule has 0 fully saturated rings. The van der Waals surface area contributed by atoms with Gasteiger partial charge in [-0.2, -0.15) is 0 Å². The van der Waals surface area contributed by atoms with Crippen molar-refractivity contribution >= 4 is 10.4 Å². The first-order chi connectivity index (χ1) is 2.00. The molecule has 0 saturated heterocycles. The molecule has 7 heteroatoms. The van der Waals surface area contributed by atoms with Gasteiger partial charge < -0.3 is 9.11 Å². The zero-order valence-electron chi connectivity index (χ0n) is 3.36. The largest absolute Gasteiger partial charge is 2.00 e. The molecule has 0 unspecified atom stereocenters. The summed E-state index contributed by atoms with van der Waals surface area (Å²) in [5, 5.41) is 0. The molecule has 7 heavy (non-hydrogen) atoms. The van der Waals surface area contributed by atoms with Crippen LogP contribution in [0, 0.1) is 0 Å². The SMILES string of the molecule is O=S(=O)([O-])[O-].[Na+].[Pt+2]. The molecule has 0 amide bonds. The van der Waals surface area contributed by atoms with E-state index in [1.807, 2.05) is 0 Å². The molecular formula is NaO4PtS+. The van der Waals surface area contributed by atoms with Gasteiger partial charge >= 0.3 is 50.6 Å². The Hall–Kier alpha value is 1.56. The molecule has 0 N–H and O–H groups in total. The maximum atomic E-state index is 8.52. The Kier molecular flexibility index (Phi) is 12.9. The molecule has 40 valence electrons. The summed E-state index contributed by atoms with van der Waals surface area (Å²) in [6, 6.07) is 0. The first kappa shape index (κ1) is 15.8. The second kappa shape index (κ2) is 5.69. The maximum Gasteiger partial charge on any atom is 2.00 e. The average molecular weight is 314 g/mol. The molecule has 0 rings (SSSR count). The second-order valence-electron chi connectivity index (χ2n) is 0.408. The van der Waals surface area contributed by atoms with E-state index in [0.29, 0.717) is 0 Å². The Morgan fingerprint density at radius 2 is 1.14 bits per heavy atom. The second-order valence-corrected chi connectivity index (χ2v) is 1.22. The van der Waals surface area contributed by atoms with E-state index in [-0.39, 0.29) is 50.6 Å². The van der Waals surface area contributed by atoms with Crippen LogP contribution in [0.3, 0.4) is 0 Å². The van der Waals surface area contributed by atoms with E-state index in [0.717, 1.165) is 0 Å². The fourth-order valence-electron chi connectivity index (χ4n) is 0. The fourth-order valence-corrected chi connectivity index (χ4v) is 0. The van der Waals surface area contributed by atoms with Gasteiger partial charge in [-0.3, -0.25) is 8.42 Å². The van der Waals surface area contributed by atoms with Gasteiger partial charge in [-0.05, 0) is 0 Å². The fraction of sp³-hybridized carbons (Fsp3) is 0. The average Bonchev–Trinajstić information content (AvgIpc) is 0.722. The van der Waals surface area contributed by atoms with Gasteiger partial charge in [0.25, 0.3) is 0 Å². The summed E-state index contributed by atoms with van der Waals surface area (Å²) in [7, 11) is -5.17. The van der Waals surface area contributed by atoms with E-state index >= 15 is 0 Å². The molecule has 0 aliphatic carbocycles. The third-order valence-electron chi connectivity index (χ3n) is 0. The van der Waals surface area contributed by atoms with Gasteiger partial charge in [-0.25, -0.2) is 0 Å². The molecule has 0 bridgehead atoms. The third kappa shape index (κ3) is 96.2. The summed E-state index contributed by atoms with van der Waals surface area (Å²) < 4.78 is 34.1. The van der Waals surface area contributed by atoms with Crippen molar-refractivity contribution in [2.45, 2.75) is 0 Å². The molecule has 0 radical (unpaired) electrons. The van der Waals surface area contributed by atoms with Gasteiger partial charge in [0.1, 0.15) is 0 Å². The Balaban J connectivity index is -0.0000000800. The Morgan fingerprint density at radius 3 is 1.14 bits per heavy atom. The van der Waals surface area contributed by atoms with Crippen molar-refractivity contribution in [2.24, 2.45) is 0 Å². The van der Waals surface area contributed by atoms with Crippen molar-refractivity contribution in [1.29, 1.82) is 0 Å². The predicted octanol–water partition coefficient (Wildman–Crippen LogP) is -4.34. The molecule has 0 aliphatic heterocycles. The van der Waals surface area contributed by atoms with E-state index in [1.165, 1.54) is 0 Å². The van der Waals surface area contributed by atoms with Crippen LogP contribution in [0.15, 0.2) is 0 Å². The van der Waals surface area contributed by atoms with Gasteiger partial charge in [0, 0.05) is 10.4 Å². The molecule has 0 aromatic carbocycles. The van der Waals surface area contributed by atoms with Crippen LogP contribution >= 0.6 is 0 Å². The van der Waals surface area contributed by atoms with E-state index < -0.39 is 10.4 Å². The van der Waals surface area contributed by atoms with Gasteiger partial charge in [-0.1, -0.05) is 0 Å². The quantitative estimate of drug-likeness (QED) is 0.257. The van der Waals surface area contributed by atoms with Crippen LogP contribution in [0.4, 0.5) is 0 Å². The van der Waals surface area contributed by atoms with Crippen LogP contribution < -0.4 is 29.6 Å². The summed E-state index contributed by atoms with van der Waals surface area (Å²) in [6.45, 7) is 0. The summed E-state index contributed by atoms with van der Waals surface area (Å²) in [5.41, 5.74) is 0. The maximum absolute atomic E-state index is 8.52. The number of rotatable bonds is 0. The van der Waals surface area contributed by atoms with Crippen LogP contribution in [0.2, 0.25) is 0 Å². The number of hydrogen-bond acceptors (Lipinski definition) is 4. The van der Waals surface area contributed by atoms with Gasteiger partial charge in [0.2, 0.25) is 0 Å². The van der Waals surface area contributed by atoms with Crippen LogP contribution in [-0.4, -0.2) is 17.5 Å². The van der Waals surface area contributed by atoms with Crippen molar-refractivity contribution < 1.29 is 68.1 Å². The van der Waals surface area contributed by atoms with E-state index in [4.69, 9.17) is 17.5 Å². The monoisotopic (exact) mass is 314 g/mol. The molecule has 0 spiro atoms. The van der Waals surface area contributed by atoms with Crippen molar-refractivity contribution in [3.05, 3.63) is 0 Å². The molecular weight excluding hydrogens is 314 g/mol. The van der Waals surface area contributed by atoms with E-state index in [1.54, 1.807) is 0 Å². The minimum Gasteiger partial charge on any atom is -0.759 e. The minimum atomic E-state index is -5.17. The number of hydrogen-bond donors (Lipinski definition) is 0. The zero-order chi connectivity index (χ0) is 4.50. The topological polar surface area (TPSA) is 80.3 Å². The van der Waals surface area contributed by atoms with Gasteiger partial charge in [-0.15, -0.1) is 0 Å². The predicted molar refractivity (Wildman–Crippen MR) is 10.5 cm³/mol. The van der Waals surface area contributed by atoms with Gasteiger partial charge in [0.15, 0.2) is 0 Å². The van der Waals surface area contributed by atoms with E-state index in [9.17, 15) is 0 Å². The molecule has 0 aromatic heterocycles. The summed E-state index contributed by atoms with van der Waals surface area (Å²) in [6.07, 6.45) is 0. The Morgan fingerprint density at radius 1 is 1.14 bits per heavy atom. The summed E-state index contributed by atoms with van der Waals surface area (Å²) in [5.74, 6) is 0. The first-order valence-electron chi connectivity index (χ1n) is 0.667. The van der Waals surface area contributed by atoms with Crippen molar-refractivity contribution in [3.63, 3.8) is 0 Å². The van der Waals surface area contributed by atoms with Gasteiger partial charge in [0.05, 0.1) is 0 Å². The molecule has 0 saturated carbocycles.